The molecule has 0 spiro atoms. The van der Waals surface area contributed by atoms with Crippen LogP contribution in [0.4, 0.5) is 0 Å². The van der Waals surface area contributed by atoms with Crippen LogP contribution in [0.2, 0.25) is 0 Å². The van der Waals surface area contributed by atoms with Crippen molar-refractivity contribution < 1.29 is 9.90 Å². The van der Waals surface area contributed by atoms with Gasteiger partial charge in [-0.05, 0) is 62.7 Å². The van der Waals surface area contributed by atoms with Crippen molar-refractivity contribution in [3.8, 4) is 0 Å². The Hall–Kier alpha value is -0.790. The van der Waals surface area contributed by atoms with Crippen molar-refractivity contribution in [1.82, 2.24) is 0 Å². The molecule has 0 unspecified atom stereocenters. The monoisotopic (exact) mass is 278 g/mol. The molecule has 0 amide bonds. The minimum Gasteiger partial charge on any atom is -0.481 e. The number of carboxylic acids is 1. The molecule has 0 aromatic heterocycles. The standard InChI is InChI=1S/C18H30O2/c1-2-3-14-4-6-15(7-5-14)8-9-16-10-12-17(13-11-16)18(19)20/h2,14-17H,1,3-13H2,(H,19,20)/t14-,15-,16-,17-. The molecule has 0 saturated heterocycles. The number of hydrogen-bond acceptors (Lipinski definition) is 1. The Morgan fingerprint density at radius 1 is 0.900 bits per heavy atom. The van der Waals surface area contributed by atoms with Gasteiger partial charge in [0, 0.05) is 0 Å². The Labute approximate surface area is 123 Å². The molecule has 1 N–H and O–H groups in total. The third-order valence-corrected chi connectivity index (χ3v) is 5.65. The van der Waals surface area contributed by atoms with Gasteiger partial charge < -0.3 is 5.11 Å². The van der Waals surface area contributed by atoms with Crippen molar-refractivity contribution in [3.63, 3.8) is 0 Å². The summed E-state index contributed by atoms with van der Waals surface area (Å²) in [6.07, 6.45) is 15.7. The van der Waals surface area contributed by atoms with E-state index < -0.39 is 5.97 Å². The molecular weight excluding hydrogens is 248 g/mol. The van der Waals surface area contributed by atoms with Crippen LogP contribution < -0.4 is 0 Å². The van der Waals surface area contributed by atoms with Gasteiger partial charge >= 0.3 is 5.97 Å². The summed E-state index contributed by atoms with van der Waals surface area (Å²) in [7, 11) is 0. The van der Waals surface area contributed by atoms with Crippen LogP contribution in [0, 0.1) is 23.7 Å². The van der Waals surface area contributed by atoms with E-state index in [9.17, 15) is 4.79 Å². The lowest BCUT2D eigenvalue weighted by molar-refractivity contribution is -0.143. The molecule has 2 heteroatoms. The van der Waals surface area contributed by atoms with E-state index in [1.807, 2.05) is 0 Å². The van der Waals surface area contributed by atoms with Crippen molar-refractivity contribution in [1.29, 1.82) is 0 Å². The summed E-state index contributed by atoms with van der Waals surface area (Å²) in [5, 5.41) is 9.02. The number of aliphatic carboxylic acids is 1. The molecule has 2 saturated carbocycles. The van der Waals surface area contributed by atoms with Crippen molar-refractivity contribution in [2.45, 2.75) is 70.6 Å². The quantitative estimate of drug-likeness (QED) is 0.691. The van der Waals surface area contributed by atoms with E-state index in [1.165, 1.54) is 44.9 Å². The molecular formula is C18H30O2. The highest BCUT2D eigenvalue weighted by Crippen LogP contribution is 2.37. The Morgan fingerprint density at radius 3 is 1.80 bits per heavy atom. The molecule has 0 atom stereocenters. The second-order valence-corrected chi connectivity index (χ2v) is 7.04. The molecule has 2 nitrogen and oxygen atoms in total. The average Bonchev–Trinajstić information content (AvgIpc) is 2.47. The zero-order valence-corrected chi connectivity index (χ0v) is 12.7. The second-order valence-electron chi connectivity index (χ2n) is 7.04. The Balaban J connectivity index is 1.60. The van der Waals surface area contributed by atoms with Gasteiger partial charge in [-0.2, -0.15) is 0 Å². The fourth-order valence-electron chi connectivity index (χ4n) is 4.16. The number of allylic oxidation sites excluding steroid dienone is 1. The predicted molar refractivity (Wildman–Crippen MR) is 82.6 cm³/mol. The van der Waals surface area contributed by atoms with Crippen LogP contribution in [0.15, 0.2) is 12.7 Å². The first-order valence-electron chi connectivity index (χ1n) is 8.52. The molecule has 2 aliphatic rings. The Bertz CT molecular complexity index is 307. The summed E-state index contributed by atoms with van der Waals surface area (Å²) in [4.78, 5) is 10.9. The predicted octanol–water partition coefficient (Wildman–Crippen LogP) is 5.04. The zero-order valence-electron chi connectivity index (χ0n) is 12.7. The normalized spacial score (nSPS) is 34.6. The van der Waals surface area contributed by atoms with E-state index in [-0.39, 0.29) is 5.92 Å². The third kappa shape index (κ3) is 4.64. The molecule has 0 aliphatic heterocycles. The Morgan fingerprint density at radius 2 is 1.35 bits per heavy atom. The van der Waals surface area contributed by atoms with Gasteiger partial charge in [0.05, 0.1) is 5.92 Å². The zero-order chi connectivity index (χ0) is 14.4. The van der Waals surface area contributed by atoms with Gasteiger partial charge in [-0.15, -0.1) is 6.58 Å². The highest BCUT2D eigenvalue weighted by Gasteiger charge is 2.27. The number of hydrogen-bond donors (Lipinski definition) is 1. The lowest BCUT2D eigenvalue weighted by Crippen LogP contribution is -2.22. The molecule has 20 heavy (non-hydrogen) atoms. The second kappa shape index (κ2) is 7.85. The summed E-state index contributed by atoms with van der Waals surface area (Å²) >= 11 is 0. The highest BCUT2D eigenvalue weighted by molar-refractivity contribution is 5.69. The van der Waals surface area contributed by atoms with Crippen LogP contribution in [0.25, 0.3) is 0 Å². The number of rotatable bonds is 6. The van der Waals surface area contributed by atoms with Gasteiger partial charge in [0.2, 0.25) is 0 Å². The van der Waals surface area contributed by atoms with Crippen molar-refractivity contribution in [3.05, 3.63) is 12.7 Å². The lowest BCUT2D eigenvalue weighted by Gasteiger charge is -2.30. The van der Waals surface area contributed by atoms with Gasteiger partial charge in [0.1, 0.15) is 0 Å². The minimum absolute atomic E-state index is 0.0550. The van der Waals surface area contributed by atoms with Crippen LogP contribution in [0.3, 0.4) is 0 Å². The van der Waals surface area contributed by atoms with Gasteiger partial charge in [0.25, 0.3) is 0 Å². The summed E-state index contributed by atoms with van der Waals surface area (Å²) in [5.74, 6) is 2.00. The lowest BCUT2D eigenvalue weighted by atomic mass is 9.75. The van der Waals surface area contributed by atoms with Gasteiger partial charge in [-0.1, -0.05) is 31.8 Å². The van der Waals surface area contributed by atoms with Crippen LogP contribution in [-0.4, -0.2) is 11.1 Å². The van der Waals surface area contributed by atoms with Crippen LogP contribution in [0.5, 0.6) is 0 Å². The van der Waals surface area contributed by atoms with E-state index in [1.54, 1.807) is 0 Å². The maximum atomic E-state index is 10.9. The van der Waals surface area contributed by atoms with Gasteiger partial charge in [-0.25, -0.2) is 0 Å². The molecule has 0 aromatic rings. The van der Waals surface area contributed by atoms with Crippen molar-refractivity contribution in [2.75, 3.05) is 0 Å². The summed E-state index contributed by atoms with van der Waals surface area (Å²) in [5.41, 5.74) is 0. The van der Waals surface area contributed by atoms with Crippen LogP contribution >= 0.6 is 0 Å². The summed E-state index contributed by atoms with van der Waals surface area (Å²) < 4.78 is 0. The summed E-state index contributed by atoms with van der Waals surface area (Å²) in [6.45, 7) is 3.85. The molecule has 2 rings (SSSR count). The maximum Gasteiger partial charge on any atom is 0.306 e. The smallest absolute Gasteiger partial charge is 0.306 e. The van der Waals surface area contributed by atoms with E-state index in [0.717, 1.165) is 43.4 Å². The molecule has 0 heterocycles. The number of carbonyl (C=O) groups is 1. The van der Waals surface area contributed by atoms with E-state index in [2.05, 4.69) is 12.7 Å². The fraction of sp³-hybridized carbons (Fsp3) is 0.833. The molecule has 0 bridgehead atoms. The molecule has 114 valence electrons. The van der Waals surface area contributed by atoms with Crippen molar-refractivity contribution >= 4 is 5.97 Å². The third-order valence-electron chi connectivity index (χ3n) is 5.65. The minimum atomic E-state index is -0.580. The first-order chi connectivity index (χ1) is 9.69. The maximum absolute atomic E-state index is 10.9. The summed E-state index contributed by atoms with van der Waals surface area (Å²) in [6, 6.07) is 0. The highest BCUT2D eigenvalue weighted by atomic mass is 16.4. The number of carboxylic acid groups (broad SMARTS) is 1. The van der Waals surface area contributed by atoms with Crippen LogP contribution in [0.1, 0.15) is 70.6 Å². The van der Waals surface area contributed by atoms with Gasteiger partial charge in [0.15, 0.2) is 0 Å². The Kier molecular flexibility index (Phi) is 6.12. The largest absolute Gasteiger partial charge is 0.481 e. The van der Waals surface area contributed by atoms with E-state index in [4.69, 9.17) is 5.11 Å². The average molecular weight is 278 g/mol. The molecule has 2 fully saturated rings. The fourth-order valence-corrected chi connectivity index (χ4v) is 4.16. The molecule has 0 aromatic carbocycles. The van der Waals surface area contributed by atoms with E-state index >= 15 is 0 Å². The SMILES string of the molecule is C=CC[C@H]1CC[C@H](CC[C@H]2CC[C@H](C(=O)O)CC2)CC1. The molecule has 2 aliphatic carbocycles. The van der Waals surface area contributed by atoms with Crippen LogP contribution in [-0.2, 0) is 4.79 Å². The van der Waals surface area contributed by atoms with Gasteiger partial charge in [-0.3, -0.25) is 4.79 Å². The first-order valence-corrected chi connectivity index (χ1v) is 8.52. The molecule has 0 radical (unpaired) electrons. The van der Waals surface area contributed by atoms with Crippen molar-refractivity contribution in [2.24, 2.45) is 23.7 Å². The van der Waals surface area contributed by atoms with E-state index in [0.29, 0.717) is 0 Å². The first kappa shape index (κ1) is 15.6. The topological polar surface area (TPSA) is 37.3 Å².